The Bertz CT molecular complexity index is 1220. The summed E-state index contributed by atoms with van der Waals surface area (Å²) >= 11 is 0. The molecular weight excluding hydrogens is 342 g/mol. The summed E-state index contributed by atoms with van der Waals surface area (Å²) in [5.74, 6) is 0.0789. The third kappa shape index (κ3) is 2.27. The highest BCUT2D eigenvalue weighted by atomic mass is 16.3. The van der Waals surface area contributed by atoms with Gasteiger partial charge in [-0.3, -0.25) is 19.5 Å². The molecule has 0 N–H and O–H groups in total. The molecular formula is C21H13N3O3. The molecule has 0 saturated carbocycles. The number of aromatic nitrogens is 2. The van der Waals surface area contributed by atoms with Crippen LogP contribution in [0.2, 0.25) is 0 Å². The highest BCUT2D eigenvalue weighted by Crippen LogP contribution is 2.39. The minimum Gasteiger partial charge on any atom is -0.450 e. The molecule has 1 amide bonds. The summed E-state index contributed by atoms with van der Waals surface area (Å²) in [6.45, 7) is 0. The van der Waals surface area contributed by atoms with E-state index in [0.717, 1.165) is 0 Å². The second-order valence-electron chi connectivity index (χ2n) is 6.19. The molecule has 0 aliphatic carbocycles. The molecule has 4 heterocycles. The lowest BCUT2D eigenvalue weighted by Crippen LogP contribution is -2.30. The Hall–Kier alpha value is -3.80. The van der Waals surface area contributed by atoms with E-state index in [1.165, 1.54) is 4.90 Å². The lowest BCUT2D eigenvalue weighted by atomic mass is 10.0. The fourth-order valence-electron chi connectivity index (χ4n) is 3.47. The average Bonchev–Trinajstić information content (AvgIpc) is 3.02. The highest BCUT2D eigenvalue weighted by molar-refractivity contribution is 6.10. The first-order valence-electron chi connectivity index (χ1n) is 8.47. The van der Waals surface area contributed by atoms with Gasteiger partial charge in [0.1, 0.15) is 17.4 Å². The zero-order valence-electron chi connectivity index (χ0n) is 14.1. The largest absolute Gasteiger partial charge is 0.450 e. The zero-order chi connectivity index (χ0) is 18.4. The number of para-hydroxylation sites is 1. The summed E-state index contributed by atoms with van der Waals surface area (Å²) in [5.41, 5.74) is 1.03. The van der Waals surface area contributed by atoms with Crippen LogP contribution in [0.3, 0.4) is 0 Å². The van der Waals surface area contributed by atoms with Gasteiger partial charge in [-0.25, -0.2) is 4.98 Å². The molecule has 130 valence electrons. The first-order valence-corrected chi connectivity index (χ1v) is 8.47. The molecule has 5 rings (SSSR count). The Labute approximate surface area is 153 Å². The molecule has 0 saturated heterocycles. The Morgan fingerprint density at radius 2 is 1.59 bits per heavy atom. The molecule has 0 fully saturated rings. The van der Waals surface area contributed by atoms with Gasteiger partial charge in [-0.2, -0.15) is 0 Å². The van der Waals surface area contributed by atoms with Crippen molar-refractivity contribution in [3.05, 3.63) is 100 Å². The van der Waals surface area contributed by atoms with Crippen molar-refractivity contribution >= 4 is 22.7 Å². The van der Waals surface area contributed by atoms with E-state index in [2.05, 4.69) is 9.97 Å². The van der Waals surface area contributed by atoms with Crippen LogP contribution in [0, 0.1) is 0 Å². The lowest BCUT2D eigenvalue weighted by molar-refractivity contribution is 0.0970. The molecule has 4 aromatic rings. The second-order valence-corrected chi connectivity index (χ2v) is 6.19. The maximum atomic E-state index is 13.2. The molecule has 0 spiro atoms. The molecule has 1 aromatic carbocycles. The number of hydrogen-bond acceptors (Lipinski definition) is 5. The van der Waals surface area contributed by atoms with E-state index in [-0.39, 0.29) is 11.2 Å². The van der Waals surface area contributed by atoms with Crippen molar-refractivity contribution in [1.82, 2.24) is 9.97 Å². The van der Waals surface area contributed by atoms with Crippen LogP contribution in [0.4, 0.5) is 5.82 Å². The van der Waals surface area contributed by atoms with Gasteiger partial charge in [0.05, 0.1) is 16.6 Å². The van der Waals surface area contributed by atoms with E-state index in [1.54, 1.807) is 67.0 Å². The Balaban J connectivity index is 1.84. The van der Waals surface area contributed by atoms with Crippen molar-refractivity contribution in [3.8, 4) is 0 Å². The van der Waals surface area contributed by atoms with E-state index >= 15 is 0 Å². The summed E-state index contributed by atoms with van der Waals surface area (Å²) in [4.78, 5) is 36.6. The van der Waals surface area contributed by atoms with Gasteiger partial charge >= 0.3 is 0 Å². The number of carbonyl (C=O) groups is 1. The molecule has 1 atom stereocenters. The fourth-order valence-corrected chi connectivity index (χ4v) is 3.47. The van der Waals surface area contributed by atoms with Gasteiger partial charge in [-0.15, -0.1) is 0 Å². The minimum atomic E-state index is -0.690. The molecule has 0 radical (unpaired) electrons. The summed E-state index contributed by atoms with van der Waals surface area (Å²) in [6.07, 6.45) is 3.24. The van der Waals surface area contributed by atoms with E-state index in [1.807, 2.05) is 6.07 Å². The van der Waals surface area contributed by atoms with Crippen molar-refractivity contribution < 1.29 is 9.21 Å². The van der Waals surface area contributed by atoms with Crippen LogP contribution >= 0.6 is 0 Å². The minimum absolute atomic E-state index is 0.0417. The standard InChI is InChI=1S/C21H13N3O3/c25-19-13-7-1-2-9-15(13)27-20-17(19)18(14-8-3-5-11-22-14)24(21(20)26)16-10-4-6-12-23-16/h1-12,18H. The van der Waals surface area contributed by atoms with Crippen molar-refractivity contribution in [2.75, 3.05) is 4.90 Å². The third-order valence-corrected chi connectivity index (χ3v) is 4.64. The number of nitrogens with zero attached hydrogens (tertiary/aromatic N) is 3. The molecule has 6 nitrogen and oxygen atoms in total. The molecule has 27 heavy (non-hydrogen) atoms. The first-order chi connectivity index (χ1) is 13.3. The summed E-state index contributed by atoms with van der Waals surface area (Å²) < 4.78 is 5.85. The van der Waals surface area contributed by atoms with E-state index in [9.17, 15) is 9.59 Å². The van der Waals surface area contributed by atoms with Crippen LogP contribution in [-0.4, -0.2) is 15.9 Å². The summed E-state index contributed by atoms with van der Waals surface area (Å²) in [5, 5.41) is 0.438. The van der Waals surface area contributed by atoms with Gasteiger partial charge in [-0.1, -0.05) is 24.3 Å². The predicted octanol–water partition coefficient (Wildman–Crippen LogP) is 3.33. The van der Waals surface area contributed by atoms with E-state index in [0.29, 0.717) is 28.0 Å². The van der Waals surface area contributed by atoms with Crippen molar-refractivity contribution in [2.24, 2.45) is 0 Å². The zero-order valence-corrected chi connectivity index (χ0v) is 14.1. The SMILES string of the molecule is O=C1c2oc3ccccc3c(=O)c2C(c2ccccn2)N1c1ccccn1. The summed E-state index contributed by atoms with van der Waals surface area (Å²) in [6, 6.07) is 16.9. The van der Waals surface area contributed by atoms with Crippen LogP contribution in [-0.2, 0) is 0 Å². The van der Waals surface area contributed by atoms with Gasteiger partial charge in [0.15, 0.2) is 5.43 Å². The molecule has 3 aromatic heterocycles. The van der Waals surface area contributed by atoms with Gasteiger partial charge in [0, 0.05) is 12.4 Å². The molecule has 6 heteroatoms. The molecule has 0 bridgehead atoms. The van der Waals surface area contributed by atoms with E-state index < -0.39 is 11.9 Å². The Morgan fingerprint density at radius 3 is 2.33 bits per heavy atom. The van der Waals surface area contributed by atoms with Gasteiger partial charge < -0.3 is 4.42 Å². The number of fused-ring (bicyclic) bond motifs is 2. The lowest BCUT2D eigenvalue weighted by Gasteiger charge is -2.23. The number of amides is 1. The molecule has 1 aliphatic heterocycles. The van der Waals surface area contributed by atoms with Crippen molar-refractivity contribution in [3.63, 3.8) is 0 Å². The maximum absolute atomic E-state index is 13.2. The first kappa shape index (κ1) is 15.5. The maximum Gasteiger partial charge on any atom is 0.296 e. The third-order valence-electron chi connectivity index (χ3n) is 4.64. The van der Waals surface area contributed by atoms with Crippen molar-refractivity contribution in [2.45, 2.75) is 6.04 Å². The van der Waals surface area contributed by atoms with Gasteiger partial charge in [0.2, 0.25) is 5.76 Å². The molecule has 1 unspecified atom stereocenters. The van der Waals surface area contributed by atoms with Gasteiger partial charge in [0.25, 0.3) is 5.91 Å². The average molecular weight is 355 g/mol. The van der Waals surface area contributed by atoms with Crippen LogP contribution in [0.15, 0.2) is 82.3 Å². The van der Waals surface area contributed by atoms with Gasteiger partial charge in [-0.05, 0) is 36.4 Å². The quantitative estimate of drug-likeness (QED) is 0.551. The number of hydrogen-bond donors (Lipinski definition) is 0. The smallest absolute Gasteiger partial charge is 0.296 e. The number of rotatable bonds is 2. The highest BCUT2D eigenvalue weighted by Gasteiger charge is 2.44. The number of benzene rings is 1. The fraction of sp³-hybridized carbons (Fsp3) is 0.0476. The number of anilines is 1. The monoisotopic (exact) mass is 355 g/mol. The predicted molar refractivity (Wildman–Crippen MR) is 99.6 cm³/mol. The summed E-state index contributed by atoms with van der Waals surface area (Å²) in [7, 11) is 0. The normalized spacial score (nSPS) is 15.9. The van der Waals surface area contributed by atoms with Crippen molar-refractivity contribution in [1.29, 1.82) is 0 Å². The second kappa shape index (κ2) is 5.88. The van der Waals surface area contributed by atoms with E-state index in [4.69, 9.17) is 4.42 Å². The Kier molecular flexibility index (Phi) is 3.36. The molecule has 1 aliphatic rings. The number of pyridine rings is 2. The Morgan fingerprint density at radius 1 is 0.852 bits per heavy atom. The topological polar surface area (TPSA) is 76.3 Å². The number of carbonyl (C=O) groups excluding carboxylic acids is 1. The van der Waals surface area contributed by atoms with Crippen LogP contribution in [0.5, 0.6) is 0 Å². The van der Waals surface area contributed by atoms with Crippen LogP contribution in [0.1, 0.15) is 27.9 Å². The van der Waals surface area contributed by atoms with Crippen LogP contribution < -0.4 is 10.3 Å². The van der Waals surface area contributed by atoms with Crippen LogP contribution in [0.25, 0.3) is 11.0 Å².